The van der Waals surface area contributed by atoms with Crippen molar-refractivity contribution in [2.45, 2.75) is 6.92 Å². The minimum atomic E-state index is -0.377. The minimum absolute atomic E-state index is 0.300. The van der Waals surface area contributed by atoms with Crippen LogP contribution in [-0.2, 0) is 0 Å². The molecule has 0 heterocycles. The number of benzene rings is 3. The second kappa shape index (κ2) is 8.01. The highest BCUT2D eigenvalue weighted by Gasteiger charge is 2.11. The Labute approximate surface area is 161 Å². The average molecular weight is 383 g/mol. The molecular weight excluding hydrogens is 367 g/mol. The summed E-state index contributed by atoms with van der Waals surface area (Å²) in [6.45, 7) is 1.82. The number of halogens is 2. The molecule has 0 atom stereocenters. The van der Waals surface area contributed by atoms with Crippen molar-refractivity contribution in [1.29, 1.82) is 0 Å². The zero-order valence-corrected chi connectivity index (χ0v) is 15.2. The van der Waals surface area contributed by atoms with E-state index in [1.54, 1.807) is 42.5 Å². The minimum Gasteiger partial charge on any atom is -0.322 e. The summed E-state index contributed by atoms with van der Waals surface area (Å²) in [5, 5.41) is 6.04. The van der Waals surface area contributed by atoms with Crippen LogP contribution in [0.4, 0.5) is 15.8 Å². The number of carbonyl (C=O) groups is 2. The van der Waals surface area contributed by atoms with Crippen LogP contribution < -0.4 is 10.6 Å². The van der Waals surface area contributed by atoms with Gasteiger partial charge in [0.15, 0.2) is 0 Å². The fraction of sp³-hybridized carbons (Fsp3) is 0.0476. The lowest BCUT2D eigenvalue weighted by atomic mass is 10.1. The van der Waals surface area contributed by atoms with Gasteiger partial charge < -0.3 is 10.6 Å². The summed E-state index contributed by atoms with van der Waals surface area (Å²) in [6.07, 6.45) is 0. The predicted molar refractivity (Wildman–Crippen MR) is 105 cm³/mol. The van der Waals surface area contributed by atoms with Crippen LogP contribution in [0.1, 0.15) is 26.3 Å². The molecule has 0 saturated carbocycles. The first-order chi connectivity index (χ1) is 12.9. The largest absolute Gasteiger partial charge is 0.322 e. The summed E-state index contributed by atoms with van der Waals surface area (Å²) in [6, 6.07) is 17.0. The Balaban J connectivity index is 1.69. The number of anilines is 2. The third kappa shape index (κ3) is 4.51. The van der Waals surface area contributed by atoms with E-state index in [1.165, 1.54) is 24.3 Å². The zero-order valence-electron chi connectivity index (χ0n) is 14.4. The Morgan fingerprint density at radius 3 is 1.96 bits per heavy atom. The van der Waals surface area contributed by atoms with E-state index in [4.69, 9.17) is 11.6 Å². The van der Waals surface area contributed by atoms with Crippen molar-refractivity contribution in [2.75, 3.05) is 10.6 Å². The molecule has 3 aromatic carbocycles. The van der Waals surface area contributed by atoms with Crippen molar-refractivity contribution in [3.05, 3.63) is 94.3 Å². The van der Waals surface area contributed by atoms with E-state index < -0.39 is 0 Å². The first-order valence-electron chi connectivity index (χ1n) is 8.17. The molecule has 0 aliphatic carbocycles. The Hall–Kier alpha value is -3.18. The quantitative estimate of drug-likeness (QED) is 0.644. The molecule has 0 saturated heterocycles. The molecule has 4 nitrogen and oxygen atoms in total. The molecule has 2 N–H and O–H groups in total. The standard InChI is InChI=1S/C21H16ClFN2O2/c1-13-18(22)3-2-4-19(13)25-21(27)15-7-5-14(6-8-15)20(26)24-17-11-9-16(23)10-12-17/h2-12H,1H3,(H,24,26)(H,25,27). The first-order valence-corrected chi connectivity index (χ1v) is 8.55. The lowest BCUT2D eigenvalue weighted by molar-refractivity contribution is 0.101. The molecule has 0 unspecified atom stereocenters. The SMILES string of the molecule is Cc1c(Cl)cccc1NC(=O)c1ccc(C(=O)Nc2ccc(F)cc2)cc1. The van der Waals surface area contributed by atoms with Crippen LogP contribution in [0.5, 0.6) is 0 Å². The van der Waals surface area contributed by atoms with Crippen molar-refractivity contribution in [1.82, 2.24) is 0 Å². The second-order valence-corrected chi connectivity index (χ2v) is 6.31. The van der Waals surface area contributed by atoms with E-state index >= 15 is 0 Å². The van der Waals surface area contributed by atoms with Crippen molar-refractivity contribution in [3.63, 3.8) is 0 Å². The van der Waals surface area contributed by atoms with Gasteiger partial charge >= 0.3 is 0 Å². The Morgan fingerprint density at radius 2 is 1.37 bits per heavy atom. The lowest BCUT2D eigenvalue weighted by Gasteiger charge is -2.10. The summed E-state index contributed by atoms with van der Waals surface area (Å²) in [4.78, 5) is 24.6. The van der Waals surface area contributed by atoms with Gasteiger partial charge in [-0.05, 0) is 73.2 Å². The van der Waals surface area contributed by atoms with Crippen LogP contribution in [0.3, 0.4) is 0 Å². The zero-order chi connectivity index (χ0) is 19.4. The van der Waals surface area contributed by atoms with E-state index in [9.17, 15) is 14.0 Å². The molecule has 2 amide bonds. The van der Waals surface area contributed by atoms with Crippen LogP contribution in [0.2, 0.25) is 5.02 Å². The normalized spacial score (nSPS) is 10.3. The molecular formula is C21H16ClFN2O2. The number of hydrogen-bond acceptors (Lipinski definition) is 2. The number of carbonyl (C=O) groups excluding carboxylic acids is 2. The number of rotatable bonds is 4. The molecule has 0 fully saturated rings. The maximum absolute atomic E-state index is 12.9. The fourth-order valence-electron chi connectivity index (χ4n) is 2.45. The summed E-state index contributed by atoms with van der Waals surface area (Å²) < 4.78 is 12.9. The highest BCUT2D eigenvalue weighted by molar-refractivity contribution is 6.31. The molecule has 6 heteroatoms. The summed E-state index contributed by atoms with van der Waals surface area (Å²) in [7, 11) is 0. The fourth-order valence-corrected chi connectivity index (χ4v) is 2.62. The van der Waals surface area contributed by atoms with Crippen LogP contribution in [0.25, 0.3) is 0 Å². The van der Waals surface area contributed by atoms with E-state index in [0.29, 0.717) is 27.5 Å². The molecule has 0 spiro atoms. The number of hydrogen-bond donors (Lipinski definition) is 2. The molecule has 0 radical (unpaired) electrons. The van der Waals surface area contributed by atoms with Gasteiger partial charge in [-0.3, -0.25) is 9.59 Å². The summed E-state index contributed by atoms with van der Waals surface area (Å²) >= 11 is 6.06. The molecule has 0 bridgehead atoms. The van der Waals surface area contributed by atoms with Crippen LogP contribution in [-0.4, -0.2) is 11.8 Å². The van der Waals surface area contributed by atoms with Crippen LogP contribution in [0.15, 0.2) is 66.7 Å². The summed E-state index contributed by atoms with van der Waals surface area (Å²) in [5.74, 6) is -1.02. The van der Waals surface area contributed by atoms with Gasteiger partial charge in [0.2, 0.25) is 0 Å². The molecule has 0 aliphatic rings. The molecule has 3 rings (SSSR count). The Kier molecular flexibility index (Phi) is 5.52. The number of amides is 2. The van der Waals surface area contributed by atoms with Crippen LogP contribution in [0, 0.1) is 12.7 Å². The van der Waals surface area contributed by atoms with Crippen molar-refractivity contribution in [2.24, 2.45) is 0 Å². The van der Waals surface area contributed by atoms with Gasteiger partial charge in [-0.25, -0.2) is 4.39 Å². The molecule has 3 aromatic rings. The average Bonchev–Trinajstić information content (AvgIpc) is 2.67. The van der Waals surface area contributed by atoms with E-state index in [1.807, 2.05) is 6.92 Å². The number of nitrogens with one attached hydrogen (secondary N) is 2. The van der Waals surface area contributed by atoms with Gasteiger partial charge in [0, 0.05) is 27.5 Å². The molecule has 136 valence electrons. The van der Waals surface area contributed by atoms with Gasteiger partial charge in [0.05, 0.1) is 0 Å². The second-order valence-electron chi connectivity index (χ2n) is 5.90. The van der Waals surface area contributed by atoms with Gasteiger partial charge in [-0.1, -0.05) is 17.7 Å². The third-order valence-corrected chi connectivity index (χ3v) is 4.44. The van der Waals surface area contributed by atoms with Crippen molar-refractivity contribution >= 4 is 34.8 Å². The predicted octanol–water partition coefficient (Wildman–Crippen LogP) is 5.29. The molecule has 0 aromatic heterocycles. The van der Waals surface area contributed by atoms with Crippen molar-refractivity contribution in [3.8, 4) is 0 Å². The first kappa shape index (κ1) is 18.6. The van der Waals surface area contributed by atoms with Gasteiger partial charge in [0.1, 0.15) is 5.82 Å². The highest BCUT2D eigenvalue weighted by Crippen LogP contribution is 2.23. The maximum atomic E-state index is 12.9. The van der Waals surface area contributed by atoms with Gasteiger partial charge in [0.25, 0.3) is 11.8 Å². The summed E-state index contributed by atoms with van der Waals surface area (Å²) in [5.41, 5.74) is 2.69. The lowest BCUT2D eigenvalue weighted by Crippen LogP contribution is -2.14. The van der Waals surface area contributed by atoms with Gasteiger partial charge in [-0.15, -0.1) is 0 Å². The molecule has 27 heavy (non-hydrogen) atoms. The monoisotopic (exact) mass is 382 g/mol. The van der Waals surface area contributed by atoms with Crippen molar-refractivity contribution < 1.29 is 14.0 Å². The topological polar surface area (TPSA) is 58.2 Å². The maximum Gasteiger partial charge on any atom is 0.255 e. The van der Waals surface area contributed by atoms with E-state index in [2.05, 4.69) is 10.6 Å². The Bertz CT molecular complexity index is 986. The Morgan fingerprint density at radius 1 is 0.815 bits per heavy atom. The highest BCUT2D eigenvalue weighted by atomic mass is 35.5. The van der Waals surface area contributed by atoms with E-state index in [0.717, 1.165) is 5.56 Å². The third-order valence-electron chi connectivity index (χ3n) is 4.03. The van der Waals surface area contributed by atoms with Gasteiger partial charge in [-0.2, -0.15) is 0 Å². The van der Waals surface area contributed by atoms with Crippen LogP contribution >= 0.6 is 11.6 Å². The van der Waals surface area contributed by atoms with E-state index in [-0.39, 0.29) is 17.6 Å². The molecule has 0 aliphatic heterocycles. The smallest absolute Gasteiger partial charge is 0.255 e.